The Bertz CT molecular complexity index is 605. The van der Waals surface area contributed by atoms with E-state index in [1.807, 2.05) is 45.2 Å². The van der Waals surface area contributed by atoms with Crippen LogP contribution in [0.25, 0.3) is 10.4 Å². The molecule has 0 saturated carbocycles. The van der Waals surface area contributed by atoms with Crippen LogP contribution in [0.3, 0.4) is 0 Å². The smallest absolute Gasteiger partial charge is 0.342 e. The molecule has 0 aliphatic carbocycles. The van der Waals surface area contributed by atoms with Crippen LogP contribution < -0.4 is 5.73 Å². The lowest BCUT2D eigenvalue weighted by atomic mass is 10.1. The van der Waals surface area contributed by atoms with Gasteiger partial charge in [0.2, 0.25) is 0 Å². The lowest BCUT2D eigenvalue weighted by Gasteiger charge is -2.19. The van der Waals surface area contributed by atoms with Crippen LogP contribution in [0.1, 0.15) is 36.0 Å². The molecule has 2 aromatic heterocycles. The summed E-state index contributed by atoms with van der Waals surface area (Å²) in [5.74, 6) is -0.354. The number of ether oxygens (including phenoxy) is 1. The number of rotatable bonds is 2. The number of aryl methyl sites for hydroxylation is 1. The van der Waals surface area contributed by atoms with Crippen LogP contribution in [0.5, 0.6) is 0 Å². The van der Waals surface area contributed by atoms with Gasteiger partial charge in [-0.25, -0.2) is 4.79 Å². The zero-order valence-corrected chi connectivity index (χ0v) is 13.1. The summed E-state index contributed by atoms with van der Waals surface area (Å²) in [5, 5.41) is 2.43. The molecule has 0 aliphatic heterocycles. The van der Waals surface area contributed by atoms with Crippen molar-refractivity contribution in [3.05, 3.63) is 28.0 Å². The SMILES string of the molecule is Cc1ccc(-c2csc(N)c2C(=O)OC(C)(C)C)s1. The number of hydrogen-bond acceptors (Lipinski definition) is 5. The van der Waals surface area contributed by atoms with E-state index >= 15 is 0 Å². The molecule has 2 N–H and O–H groups in total. The third-order valence-corrected chi connectivity index (χ3v) is 4.27. The average molecular weight is 295 g/mol. The fourth-order valence-electron chi connectivity index (χ4n) is 1.67. The quantitative estimate of drug-likeness (QED) is 0.839. The van der Waals surface area contributed by atoms with Crippen molar-refractivity contribution in [2.24, 2.45) is 0 Å². The lowest BCUT2D eigenvalue weighted by molar-refractivity contribution is 0.00722. The van der Waals surface area contributed by atoms with Gasteiger partial charge in [-0.1, -0.05) is 0 Å². The molecule has 0 amide bonds. The van der Waals surface area contributed by atoms with E-state index in [0.29, 0.717) is 10.6 Å². The Morgan fingerprint density at radius 3 is 2.53 bits per heavy atom. The van der Waals surface area contributed by atoms with Crippen LogP contribution >= 0.6 is 22.7 Å². The van der Waals surface area contributed by atoms with Crippen molar-refractivity contribution in [2.75, 3.05) is 5.73 Å². The maximum Gasteiger partial charge on any atom is 0.342 e. The van der Waals surface area contributed by atoms with E-state index in [1.165, 1.54) is 16.2 Å². The van der Waals surface area contributed by atoms with Gasteiger partial charge in [0.15, 0.2) is 0 Å². The van der Waals surface area contributed by atoms with Crippen molar-refractivity contribution in [1.29, 1.82) is 0 Å². The Hall–Kier alpha value is -1.33. The summed E-state index contributed by atoms with van der Waals surface area (Å²) in [7, 11) is 0. The van der Waals surface area contributed by atoms with Gasteiger partial charge in [0.05, 0.1) is 0 Å². The Labute approximate surface area is 121 Å². The first-order chi connectivity index (χ1) is 8.78. The highest BCUT2D eigenvalue weighted by Crippen LogP contribution is 2.38. The average Bonchev–Trinajstić information content (AvgIpc) is 2.81. The first-order valence-electron chi connectivity index (χ1n) is 5.95. The number of esters is 1. The standard InChI is InChI=1S/C14H17NO2S2/c1-8-5-6-10(19-8)9-7-18-12(15)11(9)13(16)17-14(2,3)4/h5-7H,15H2,1-4H3. The topological polar surface area (TPSA) is 52.3 Å². The largest absolute Gasteiger partial charge is 0.456 e. The zero-order chi connectivity index (χ0) is 14.2. The molecule has 0 spiro atoms. The van der Waals surface area contributed by atoms with Crippen molar-refractivity contribution in [3.63, 3.8) is 0 Å². The third kappa shape index (κ3) is 3.16. The van der Waals surface area contributed by atoms with Crippen molar-refractivity contribution < 1.29 is 9.53 Å². The molecular weight excluding hydrogens is 278 g/mol. The summed E-state index contributed by atoms with van der Waals surface area (Å²) in [6.07, 6.45) is 0. The van der Waals surface area contributed by atoms with E-state index in [0.717, 1.165) is 10.4 Å². The van der Waals surface area contributed by atoms with Crippen molar-refractivity contribution >= 4 is 33.6 Å². The monoisotopic (exact) mass is 295 g/mol. The van der Waals surface area contributed by atoms with Crippen LogP contribution in [-0.4, -0.2) is 11.6 Å². The van der Waals surface area contributed by atoms with E-state index in [4.69, 9.17) is 10.5 Å². The van der Waals surface area contributed by atoms with E-state index in [2.05, 4.69) is 0 Å². The van der Waals surface area contributed by atoms with Gasteiger partial charge < -0.3 is 10.5 Å². The molecule has 0 saturated heterocycles. The Morgan fingerprint density at radius 2 is 2.00 bits per heavy atom. The molecule has 0 fully saturated rings. The number of nitrogens with two attached hydrogens (primary N) is 1. The van der Waals surface area contributed by atoms with Crippen LogP contribution in [0.4, 0.5) is 5.00 Å². The van der Waals surface area contributed by atoms with Gasteiger partial charge in [0.25, 0.3) is 0 Å². The van der Waals surface area contributed by atoms with E-state index in [-0.39, 0.29) is 5.97 Å². The van der Waals surface area contributed by atoms with Gasteiger partial charge in [0.1, 0.15) is 16.2 Å². The number of hydrogen-bond donors (Lipinski definition) is 1. The fraction of sp³-hybridized carbons (Fsp3) is 0.357. The summed E-state index contributed by atoms with van der Waals surface area (Å²) in [6.45, 7) is 7.59. The molecule has 102 valence electrons. The molecule has 19 heavy (non-hydrogen) atoms. The van der Waals surface area contributed by atoms with Crippen LogP contribution in [-0.2, 0) is 4.74 Å². The van der Waals surface area contributed by atoms with Crippen LogP contribution in [0.15, 0.2) is 17.5 Å². The zero-order valence-electron chi connectivity index (χ0n) is 11.4. The minimum absolute atomic E-state index is 0.354. The number of carbonyl (C=O) groups excluding carboxylic acids is 1. The molecule has 3 nitrogen and oxygen atoms in total. The Balaban J connectivity index is 2.41. The summed E-state index contributed by atoms with van der Waals surface area (Å²) >= 11 is 3.02. The van der Waals surface area contributed by atoms with E-state index in [9.17, 15) is 4.79 Å². The highest BCUT2D eigenvalue weighted by atomic mass is 32.1. The Kier molecular flexibility index (Phi) is 3.69. The highest BCUT2D eigenvalue weighted by molar-refractivity contribution is 7.17. The normalized spacial score (nSPS) is 11.6. The van der Waals surface area contributed by atoms with Crippen LogP contribution in [0.2, 0.25) is 0 Å². The molecule has 0 bridgehead atoms. The minimum atomic E-state index is -0.520. The van der Waals surface area contributed by atoms with Crippen molar-refractivity contribution in [3.8, 4) is 10.4 Å². The number of anilines is 1. The molecule has 2 aromatic rings. The van der Waals surface area contributed by atoms with E-state index in [1.54, 1.807) is 11.3 Å². The first-order valence-corrected chi connectivity index (χ1v) is 7.64. The van der Waals surface area contributed by atoms with Gasteiger partial charge in [-0.3, -0.25) is 0 Å². The number of carbonyl (C=O) groups is 1. The second-order valence-electron chi connectivity index (χ2n) is 5.30. The summed E-state index contributed by atoms with van der Waals surface area (Å²) in [5.41, 5.74) is 6.77. The Morgan fingerprint density at radius 1 is 1.32 bits per heavy atom. The molecule has 2 heterocycles. The number of nitrogen functional groups attached to an aromatic ring is 1. The van der Waals surface area contributed by atoms with Gasteiger partial charge in [-0.15, -0.1) is 22.7 Å². The second kappa shape index (κ2) is 4.98. The predicted molar refractivity (Wildman–Crippen MR) is 81.9 cm³/mol. The number of thiophene rings is 2. The molecule has 5 heteroatoms. The fourth-order valence-corrected chi connectivity index (χ4v) is 3.44. The van der Waals surface area contributed by atoms with Crippen LogP contribution in [0, 0.1) is 6.92 Å². The van der Waals surface area contributed by atoms with Crippen molar-refractivity contribution in [1.82, 2.24) is 0 Å². The second-order valence-corrected chi connectivity index (χ2v) is 7.50. The summed E-state index contributed by atoms with van der Waals surface area (Å²) in [6, 6.07) is 4.04. The highest BCUT2D eigenvalue weighted by Gasteiger charge is 2.25. The molecule has 0 radical (unpaired) electrons. The predicted octanol–water partition coefficient (Wildman–Crippen LogP) is 4.32. The van der Waals surface area contributed by atoms with Gasteiger partial charge >= 0.3 is 5.97 Å². The molecule has 2 rings (SSSR count). The minimum Gasteiger partial charge on any atom is -0.456 e. The third-order valence-electron chi connectivity index (χ3n) is 2.43. The maximum atomic E-state index is 12.3. The van der Waals surface area contributed by atoms with Gasteiger partial charge in [-0.2, -0.15) is 0 Å². The lowest BCUT2D eigenvalue weighted by Crippen LogP contribution is -2.24. The molecule has 0 unspecified atom stereocenters. The van der Waals surface area contributed by atoms with E-state index < -0.39 is 5.60 Å². The molecule has 0 aliphatic rings. The summed E-state index contributed by atoms with van der Waals surface area (Å²) in [4.78, 5) is 14.5. The first kappa shape index (κ1) is 14.1. The maximum absolute atomic E-state index is 12.3. The molecule has 0 aromatic carbocycles. The molecule has 0 atom stereocenters. The van der Waals surface area contributed by atoms with Crippen molar-refractivity contribution in [2.45, 2.75) is 33.3 Å². The van der Waals surface area contributed by atoms with Gasteiger partial charge in [-0.05, 0) is 39.8 Å². The summed E-state index contributed by atoms with van der Waals surface area (Å²) < 4.78 is 5.42. The molecular formula is C14H17NO2S2. The van der Waals surface area contributed by atoms with Gasteiger partial charge in [0, 0.05) is 20.7 Å².